The molecule has 158 valence electrons. The molecule has 2 nitrogen and oxygen atoms in total. The molecular weight excluding hydrogens is 376 g/mol. The van der Waals surface area contributed by atoms with Crippen LogP contribution in [0.2, 0.25) is 0 Å². The van der Waals surface area contributed by atoms with Gasteiger partial charge in [-0.2, -0.15) is 0 Å². The second kappa shape index (κ2) is 11.3. The second-order valence-electron chi connectivity index (χ2n) is 8.28. The molecule has 0 saturated heterocycles. The van der Waals surface area contributed by atoms with E-state index in [0.717, 1.165) is 54.5 Å². The van der Waals surface area contributed by atoms with E-state index in [0.29, 0.717) is 12.0 Å². The minimum absolute atomic E-state index is 0.208. The number of aryl methyl sites for hydroxylation is 2. The van der Waals surface area contributed by atoms with Crippen LogP contribution in [-0.2, 0) is 12.8 Å². The molecule has 0 fully saturated rings. The van der Waals surface area contributed by atoms with Crippen LogP contribution in [0.15, 0.2) is 40.8 Å². The van der Waals surface area contributed by atoms with Crippen molar-refractivity contribution in [2.75, 3.05) is 0 Å². The van der Waals surface area contributed by atoms with Crippen molar-refractivity contribution in [2.24, 2.45) is 0 Å². The van der Waals surface area contributed by atoms with Crippen LogP contribution in [0.5, 0.6) is 11.5 Å². The molecule has 1 heterocycles. The number of allylic oxidation sites excluding steroid dienone is 4. The molecule has 0 amide bonds. The number of phenolic OH excluding ortho intramolecular Hbond substituents is 2. The lowest BCUT2D eigenvalue weighted by atomic mass is 9.93. The largest absolute Gasteiger partial charge is 0.508 e. The summed E-state index contributed by atoms with van der Waals surface area (Å²) in [4.78, 5) is 1.08. The first-order valence-electron chi connectivity index (χ1n) is 10.7. The minimum Gasteiger partial charge on any atom is -0.508 e. The van der Waals surface area contributed by atoms with Gasteiger partial charge in [0, 0.05) is 16.0 Å². The quantitative estimate of drug-likeness (QED) is 0.306. The number of benzene rings is 1. The Morgan fingerprint density at radius 3 is 2.45 bits per heavy atom. The molecule has 29 heavy (non-hydrogen) atoms. The molecule has 0 saturated carbocycles. The Morgan fingerprint density at radius 2 is 1.83 bits per heavy atom. The third-order valence-electron chi connectivity index (χ3n) is 5.24. The van der Waals surface area contributed by atoms with Crippen molar-refractivity contribution in [3.8, 4) is 21.9 Å². The van der Waals surface area contributed by atoms with Crippen LogP contribution in [0.4, 0.5) is 0 Å². The molecule has 3 heteroatoms. The zero-order valence-corrected chi connectivity index (χ0v) is 19.5. The average Bonchev–Trinajstić information content (AvgIpc) is 3.07. The Balaban J connectivity index is 2.34. The molecule has 1 aromatic heterocycles. The van der Waals surface area contributed by atoms with Crippen molar-refractivity contribution in [3.63, 3.8) is 0 Å². The van der Waals surface area contributed by atoms with Gasteiger partial charge in [-0.1, -0.05) is 43.1 Å². The fourth-order valence-corrected chi connectivity index (χ4v) is 4.50. The van der Waals surface area contributed by atoms with E-state index in [1.54, 1.807) is 11.3 Å². The summed E-state index contributed by atoms with van der Waals surface area (Å²) in [5.74, 6) is 0.450. The van der Waals surface area contributed by atoms with Gasteiger partial charge in [-0.05, 0) is 88.4 Å². The molecule has 0 aliphatic rings. The van der Waals surface area contributed by atoms with Crippen LogP contribution < -0.4 is 0 Å². The highest BCUT2D eigenvalue weighted by molar-refractivity contribution is 7.13. The molecule has 1 aromatic carbocycles. The smallest absolute Gasteiger partial charge is 0.131 e. The van der Waals surface area contributed by atoms with Crippen molar-refractivity contribution in [1.82, 2.24) is 0 Å². The standard InChI is InChI=1S/C26H36O2S/c1-6-7-8-12-21-16-23(27)22(14-13-19(4)11-9-10-18(2)3)26(28)25(21)24-15-20(5)17-29-24/h10,13,15-17,27-28H,6-9,11-12,14H2,1-5H3. The van der Waals surface area contributed by atoms with Crippen molar-refractivity contribution in [3.05, 3.63) is 57.5 Å². The van der Waals surface area contributed by atoms with Gasteiger partial charge in [-0.3, -0.25) is 0 Å². The van der Waals surface area contributed by atoms with E-state index >= 15 is 0 Å². The number of unbranched alkanes of at least 4 members (excludes halogenated alkanes) is 2. The number of phenols is 2. The number of rotatable bonds is 10. The lowest BCUT2D eigenvalue weighted by molar-refractivity contribution is 0.441. The number of thiophene rings is 1. The first-order chi connectivity index (χ1) is 13.8. The van der Waals surface area contributed by atoms with E-state index in [9.17, 15) is 10.2 Å². The summed E-state index contributed by atoms with van der Waals surface area (Å²) in [6.07, 6.45) is 11.2. The minimum atomic E-state index is 0.208. The van der Waals surface area contributed by atoms with Gasteiger partial charge in [0.2, 0.25) is 0 Å². The Morgan fingerprint density at radius 1 is 1.07 bits per heavy atom. The molecule has 0 unspecified atom stereocenters. The SMILES string of the molecule is CCCCCc1cc(O)c(CC=C(C)CCC=C(C)C)c(O)c1-c1cc(C)cs1. The lowest BCUT2D eigenvalue weighted by Gasteiger charge is -2.16. The predicted octanol–water partition coefficient (Wildman–Crippen LogP) is 8.10. The summed E-state index contributed by atoms with van der Waals surface area (Å²) in [7, 11) is 0. The van der Waals surface area contributed by atoms with Crippen LogP contribution in [0.25, 0.3) is 10.4 Å². The molecule has 0 bridgehead atoms. The van der Waals surface area contributed by atoms with Crippen LogP contribution in [0, 0.1) is 6.92 Å². The molecule has 2 rings (SSSR count). The van der Waals surface area contributed by atoms with Crippen LogP contribution >= 0.6 is 11.3 Å². The Hall–Kier alpha value is -2.00. The lowest BCUT2D eigenvalue weighted by Crippen LogP contribution is -1.96. The monoisotopic (exact) mass is 412 g/mol. The van der Waals surface area contributed by atoms with E-state index in [2.05, 4.69) is 58.2 Å². The maximum Gasteiger partial charge on any atom is 0.131 e. The normalized spacial score (nSPS) is 11.7. The Bertz CT molecular complexity index is 867. The first kappa shape index (κ1) is 23.3. The third kappa shape index (κ3) is 6.78. The van der Waals surface area contributed by atoms with Gasteiger partial charge in [0.25, 0.3) is 0 Å². The van der Waals surface area contributed by atoms with Gasteiger partial charge in [-0.25, -0.2) is 0 Å². The van der Waals surface area contributed by atoms with Crippen molar-refractivity contribution in [1.29, 1.82) is 0 Å². The fraction of sp³-hybridized carbons (Fsp3) is 0.462. The molecule has 2 aromatic rings. The van der Waals surface area contributed by atoms with Gasteiger partial charge in [0.15, 0.2) is 0 Å². The van der Waals surface area contributed by atoms with Crippen LogP contribution in [0.1, 0.15) is 76.5 Å². The number of aromatic hydroxyl groups is 2. The fourth-order valence-electron chi connectivity index (χ4n) is 3.52. The molecule has 0 spiro atoms. The predicted molar refractivity (Wildman–Crippen MR) is 127 cm³/mol. The Labute approximate surface area is 180 Å². The first-order valence-corrected chi connectivity index (χ1v) is 11.6. The average molecular weight is 413 g/mol. The van der Waals surface area contributed by atoms with E-state index in [1.807, 2.05) is 6.07 Å². The summed E-state index contributed by atoms with van der Waals surface area (Å²) in [5, 5.41) is 23.9. The highest BCUT2D eigenvalue weighted by Gasteiger charge is 2.19. The van der Waals surface area contributed by atoms with E-state index < -0.39 is 0 Å². The molecule has 0 aliphatic heterocycles. The Kier molecular flexibility index (Phi) is 9.03. The number of hydrogen-bond acceptors (Lipinski definition) is 3. The van der Waals surface area contributed by atoms with Gasteiger partial charge in [0.1, 0.15) is 11.5 Å². The maximum absolute atomic E-state index is 11.1. The van der Waals surface area contributed by atoms with Crippen molar-refractivity contribution >= 4 is 11.3 Å². The maximum atomic E-state index is 11.1. The summed E-state index contributed by atoms with van der Waals surface area (Å²) < 4.78 is 0. The van der Waals surface area contributed by atoms with E-state index in [-0.39, 0.29) is 11.5 Å². The molecule has 0 radical (unpaired) electrons. The van der Waals surface area contributed by atoms with Crippen LogP contribution in [0.3, 0.4) is 0 Å². The summed E-state index contributed by atoms with van der Waals surface area (Å²) in [5.41, 5.74) is 6.40. The molecule has 0 atom stereocenters. The zero-order valence-electron chi connectivity index (χ0n) is 18.6. The molecule has 0 aliphatic carbocycles. The highest BCUT2D eigenvalue weighted by atomic mass is 32.1. The zero-order chi connectivity index (χ0) is 21.4. The van der Waals surface area contributed by atoms with Gasteiger partial charge < -0.3 is 10.2 Å². The van der Waals surface area contributed by atoms with Crippen LogP contribution in [-0.4, -0.2) is 10.2 Å². The van der Waals surface area contributed by atoms with Crippen molar-refractivity contribution < 1.29 is 10.2 Å². The van der Waals surface area contributed by atoms with Gasteiger partial charge in [-0.15, -0.1) is 11.3 Å². The van der Waals surface area contributed by atoms with E-state index in [4.69, 9.17) is 0 Å². The summed E-state index contributed by atoms with van der Waals surface area (Å²) in [6.45, 7) is 10.6. The second-order valence-corrected chi connectivity index (χ2v) is 9.19. The van der Waals surface area contributed by atoms with Crippen molar-refractivity contribution in [2.45, 2.75) is 79.6 Å². The molecular formula is C26H36O2S. The molecule has 2 N–H and O–H groups in total. The highest BCUT2D eigenvalue weighted by Crippen LogP contribution is 2.43. The number of hydrogen-bond donors (Lipinski definition) is 2. The van der Waals surface area contributed by atoms with E-state index in [1.165, 1.54) is 16.7 Å². The third-order valence-corrected chi connectivity index (χ3v) is 6.30. The summed E-state index contributed by atoms with van der Waals surface area (Å²) >= 11 is 1.66. The van der Waals surface area contributed by atoms with Gasteiger partial charge >= 0.3 is 0 Å². The summed E-state index contributed by atoms with van der Waals surface area (Å²) in [6, 6.07) is 4.01. The topological polar surface area (TPSA) is 40.5 Å². The van der Waals surface area contributed by atoms with Gasteiger partial charge in [0.05, 0.1) is 0 Å².